The largest absolute Gasteiger partial charge is 0.378 e. The van der Waals surface area contributed by atoms with Crippen LogP contribution >= 0.6 is 11.3 Å². The maximum atomic E-state index is 14.9. The molecule has 0 aliphatic carbocycles. The number of methoxy groups -OCH3 is 1. The Hall–Kier alpha value is -5.52. The topological polar surface area (TPSA) is 154 Å². The summed E-state index contributed by atoms with van der Waals surface area (Å²) in [6.45, 7) is 15.4. The fraction of sp³-hybridized carbons (Fsp3) is 0.509. The van der Waals surface area contributed by atoms with Crippen LogP contribution in [0.25, 0.3) is 33.4 Å². The second-order valence-electron chi connectivity index (χ2n) is 20.3. The quantitative estimate of drug-likeness (QED) is 0.136. The molecule has 6 bridgehead atoms. The molecule has 6 heterocycles. The third-order valence-electron chi connectivity index (χ3n) is 14.2. The van der Waals surface area contributed by atoms with Gasteiger partial charge in [-0.2, -0.15) is 0 Å². The molecular formula is C53H69N9O6S. The molecule has 69 heavy (non-hydrogen) atoms. The fourth-order valence-electron chi connectivity index (χ4n) is 10.5. The van der Waals surface area contributed by atoms with E-state index in [-0.39, 0.29) is 37.1 Å². The lowest BCUT2D eigenvalue weighted by molar-refractivity contribution is -0.147. The second kappa shape index (κ2) is 20.8. The van der Waals surface area contributed by atoms with Crippen molar-refractivity contribution in [1.82, 2.24) is 45.0 Å². The number of hydrogen-bond donors (Lipinski definition) is 2. The van der Waals surface area contributed by atoms with Crippen LogP contribution in [0.5, 0.6) is 0 Å². The van der Waals surface area contributed by atoms with Crippen LogP contribution in [0.4, 0.5) is 4.79 Å². The SMILES string of the molecule is CCn1c(-c2cccnc2[C@H](C)OC)c2c3cc(ccc31)-c1csc(n1)C[C@H](NC(=O)[C@H](C(C)C)N(C)C(=O)N1CCN(C)[C@H](c3ccccc3)C1)C(=O)N1CCC[C@](C=O)(COCC(C)(C)C2)N1. The first kappa shape index (κ1) is 49.9. The number of rotatable bonds is 10. The number of nitrogens with zero attached hydrogens (tertiary/aromatic N) is 7. The van der Waals surface area contributed by atoms with Crippen LogP contribution in [0.1, 0.15) is 88.4 Å². The van der Waals surface area contributed by atoms with Gasteiger partial charge >= 0.3 is 6.03 Å². The Morgan fingerprint density at radius 2 is 1.86 bits per heavy atom. The first-order chi connectivity index (χ1) is 33.1. The Labute approximate surface area is 410 Å². The highest BCUT2D eigenvalue weighted by Gasteiger charge is 2.42. The average Bonchev–Trinajstić information content (AvgIpc) is 3.94. The summed E-state index contributed by atoms with van der Waals surface area (Å²) in [7, 11) is 5.44. The number of carbonyl (C=O) groups excluding carboxylic acids is 4. The van der Waals surface area contributed by atoms with Crippen molar-refractivity contribution >= 4 is 46.4 Å². The van der Waals surface area contributed by atoms with Crippen molar-refractivity contribution in [2.45, 2.75) is 104 Å². The van der Waals surface area contributed by atoms with Gasteiger partial charge < -0.3 is 34.0 Å². The number of hydrogen-bond acceptors (Lipinski definition) is 11. The molecule has 2 saturated heterocycles. The van der Waals surface area contributed by atoms with Crippen molar-refractivity contribution in [2.75, 3.05) is 60.6 Å². The van der Waals surface area contributed by atoms with Gasteiger partial charge in [-0.15, -0.1) is 11.3 Å². The van der Waals surface area contributed by atoms with Crippen LogP contribution in [0, 0.1) is 11.3 Å². The highest BCUT2D eigenvalue weighted by molar-refractivity contribution is 7.10. The van der Waals surface area contributed by atoms with E-state index in [4.69, 9.17) is 19.4 Å². The summed E-state index contributed by atoms with van der Waals surface area (Å²) in [4.78, 5) is 72.6. The summed E-state index contributed by atoms with van der Waals surface area (Å²) >= 11 is 1.43. The number of likely N-dealkylation sites (N-methyl/N-ethyl adjacent to an activating group) is 2. The molecule has 368 valence electrons. The number of thiazole rings is 1. The van der Waals surface area contributed by atoms with Crippen molar-refractivity contribution in [1.29, 1.82) is 0 Å². The minimum Gasteiger partial charge on any atom is -0.378 e. The van der Waals surface area contributed by atoms with Gasteiger partial charge in [0.05, 0.1) is 47.4 Å². The second-order valence-corrected chi connectivity index (χ2v) is 21.2. The number of piperazine rings is 1. The van der Waals surface area contributed by atoms with Crippen molar-refractivity contribution in [3.8, 4) is 22.5 Å². The lowest BCUT2D eigenvalue weighted by Crippen LogP contribution is -2.66. The first-order valence-electron chi connectivity index (χ1n) is 24.4. The molecule has 5 atom stereocenters. The van der Waals surface area contributed by atoms with E-state index >= 15 is 0 Å². The van der Waals surface area contributed by atoms with Gasteiger partial charge in [0.2, 0.25) is 5.91 Å². The Bertz CT molecular complexity index is 2650. The van der Waals surface area contributed by atoms with Crippen LogP contribution in [0.15, 0.2) is 72.2 Å². The number of hydrazine groups is 1. The van der Waals surface area contributed by atoms with Crippen LogP contribution < -0.4 is 10.7 Å². The van der Waals surface area contributed by atoms with Crippen LogP contribution in [0.3, 0.4) is 0 Å². The van der Waals surface area contributed by atoms with Crippen molar-refractivity contribution < 1.29 is 28.7 Å². The monoisotopic (exact) mass is 960 g/mol. The molecule has 3 aromatic heterocycles. The fourth-order valence-corrected chi connectivity index (χ4v) is 11.4. The van der Waals surface area contributed by atoms with Crippen molar-refractivity contribution in [3.05, 3.63) is 94.1 Å². The molecule has 2 fully saturated rings. The minimum absolute atomic E-state index is 0.00736. The molecule has 2 aromatic carbocycles. The number of amides is 4. The standard InChI is InChI=1S/C53H69N9O6S/c1-10-61-43-20-19-37-26-39(43)40(48(61)38-18-14-22-54-46(38)35(4)67-9)28-52(5,6)32-68-33-53(31-63)21-15-23-62(57-53)50(65)41(27-45-55-42(37)30-69-45)56-49(64)47(34(2)3)59(8)51(66)60-25-24-58(7)44(29-60)36-16-12-11-13-17-36/h11-14,16-20,22,26,30-31,34-35,41,44,47,57H,10,15,21,23-25,27-29,32-33H2,1-9H3,(H,56,64)/t35-,41-,44-,47-,53-/m0/s1. The van der Waals surface area contributed by atoms with E-state index in [1.807, 2.05) is 61.5 Å². The third kappa shape index (κ3) is 10.4. The van der Waals surface area contributed by atoms with E-state index < -0.39 is 34.9 Å². The maximum Gasteiger partial charge on any atom is 0.320 e. The number of fused-ring (bicyclic) bond motifs is 6. The number of aromatic nitrogens is 3. The Balaban J connectivity index is 1.15. The molecule has 16 heteroatoms. The maximum absolute atomic E-state index is 14.9. The van der Waals surface area contributed by atoms with Gasteiger partial charge in [0, 0.05) is 86.9 Å². The molecule has 0 spiro atoms. The molecule has 2 N–H and O–H groups in total. The van der Waals surface area contributed by atoms with E-state index in [2.05, 4.69) is 84.4 Å². The number of ether oxygens (including phenoxy) is 2. The Kier molecular flexibility index (Phi) is 15.1. The molecule has 15 nitrogen and oxygen atoms in total. The van der Waals surface area contributed by atoms with Crippen LogP contribution in [-0.2, 0) is 43.2 Å². The summed E-state index contributed by atoms with van der Waals surface area (Å²) in [5.74, 6) is -1.13. The van der Waals surface area contributed by atoms with Gasteiger partial charge in [0.25, 0.3) is 5.91 Å². The van der Waals surface area contributed by atoms with Gasteiger partial charge in [-0.25, -0.2) is 15.2 Å². The molecule has 0 saturated carbocycles. The van der Waals surface area contributed by atoms with E-state index in [1.165, 1.54) is 21.2 Å². The number of aldehydes is 1. The molecule has 5 aromatic rings. The number of benzene rings is 2. The lowest BCUT2D eigenvalue weighted by Gasteiger charge is -2.43. The van der Waals surface area contributed by atoms with E-state index in [9.17, 15) is 19.2 Å². The summed E-state index contributed by atoms with van der Waals surface area (Å²) in [6.07, 6.45) is 4.17. The van der Waals surface area contributed by atoms with Gasteiger partial charge in [0.15, 0.2) is 0 Å². The molecule has 0 unspecified atom stereocenters. The highest BCUT2D eigenvalue weighted by Crippen LogP contribution is 2.42. The molecule has 3 aliphatic rings. The molecule has 0 radical (unpaired) electrons. The first-order valence-corrected chi connectivity index (χ1v) is 25.2. The summed E-state index contributed by atoms with van der Waals surface area (Å²) in [6, 6.07) is 18.5. The summed E-state index contributed by atoms with van der Waals surface area (Å²) < 4.78 is 14.7. The smallest absolute Gasteiger partial charge is 0.320 e. The Morgan fingerprint density at radius 1 is 1.07 bits per heavy atom. The van der Waals surface area contributed by atoms with Crippen LogP contribution in [-0.4, -0.2) is 137 Å². The number of pyridine rings is 1. The van der Waals surface area contributed by atoms with E-state index in [1.54, 1.807) is 14.2 Å². The number of urea groups is 1. The van der Waals surface area contributed by atoms with Crippen molar-refractivity contribution in [2.24, 2.45) is 11.3 Å². The minimum atomic E-state index is -1.18. The normalized spacial score (nSPS) is 22.3. The molecular weight excluding hydrogens is 891 g/mol. The predicted octanol–water partition coefficient (Wildman–Crippen LogP) is 7.31. The van der Waals surface area contributed by atoms with Gasteiger partial charge in [-0.05, 0) is 86.9 Å². The number of carbonyl (C=O) groups is 4. The van der Waals surface area contributed by atoms with Gasteiger partial charge in [-0.3, -0.25) is 24.5 Å². The third-order valence-corrected chi connectivity index (χ3v) is 15.1. The van der Waals surface area contributed by atoms with Gasteiger partial charge in [-0.1, -0.05) is 64.1 Å². The predicted molar refractivity (Wildman–Crippen MR) is 269 cm³/mol. The van der Waals surface area contributed by atoms with Crippen LogP contribution in [0.2, 0.25) is 0 Å². The zero-order chi connectivity index (χ0) is 49.2. The molecule has 8 rings (SSSR count). The zero-order valence-corrected chi connectivity index (χ0v) is 42.5. The average molecular weight is 960 g/mol. The van der Waals surface area contributed by atoms with E-state index in [0.29, 0.717) is 57.1 Å². The zero-order valence-electron chi connectivity index (χ0n) is 41.7. The van der Waals surface area contributed by atoms with E-state index in [0.717, 1.165) is 63.1 Å². The number of nitrogens with one attached hydrogen (secondary N) is 2. The van der Waals surface area contributed by atoms with Gasteiger partial charge in [0.1, 0.15) is 23.9 Å². The summed E-state index contributed by atoms with van der Waals surface area (Å²) in [5.41, 5.74) is 9.68. The number of aryl methyl sites for hydroxylation is 1. The summed E-state index contributed by atoms with van der Waals surface area (Å²) in [5, 5.41) is 8.32. The molecule has 4 amide bonds. The Morgan fingerprint density at radius 3 is 2.58 bits per heavy atom. The van der Waals surface area contributed by atoms with Crippen molar-refractivity contribution in [3.63, 3.8) is 0 Å². The molecule has 3 aliphatic heterocycles. The highest BCUT2D eigenvalue weighted by atomic mass is 32.1. The lowest BCUT2D eigenvalue weighted by atomic mass is 9.84.